The molecule has 1 heterocycles. The fourth-order valence-corrected chi connectivity index (χ4v) is 1.79. The zero-order valence-corrected chi connectivity index (χ0v) is 11.9. The Bertz CT molecular complexity index is 776. The maximum atomic E-state index is 11.8. The van der Waals surface area contributed by atoms with E-state index in [4.69, 9.17) is 9.84 Å². The number of aromatic nitrogens is 3. The Morgan fingerprint density at radius 2 is 2.00 bits per heavy atom. The van der Waals surface area contributed by atoms with E-state index in [1.165, 1.54) is 0 Å². The molecule has 0 bridgehead atoms. The fourth-order valence-electron chi connectivity index (χ4n) is 1.79. The average molecular weight is 305 g/mol. The van der Waals surface area contributed by atoms with Crippen molar-refractivity contribution in [1.29, 1.82) is 0 Å². The van der Waals surface area contributed by atoms with Crippen LogP contribution in [0.3, 0.4) is 0 Å². The summed E-state index contributed by atoms with van der Waals surface area (Å²) in [5, 5.41) is 12.5. The molecule has 1 aromatic heterocycles. The minimum Gasteiger partial charge on any atom is -0.494 e. The average Bonchev–Trinajstić information content (AvgIpc) is 2.48. The number of hydrogen-bond donors (Lipinski definition) is 2. The van der Waals surface area contributed by atoms with Gasteiger partial charge in [-0.05, 0) is 30.7 Å². The van der Waals surface area contributed by atoms with Crippen molar-refractivity contribution in [2.45, 2.75) is 19.9 Å². The van der Waals surface area contributed by atoms with E-state index >= 15 is 0 Å². The van der Waals surface area contributed by atoms with Crippen LogP contribution in [0.15, 0.2) is 33.9 Å². The van der Waals surface area contributed by atoms with Gasteiger partial charge in [-0.25, -0.2) is 9.48 Å². The monoisotopic (exact) mass is 305 g/mol. The number of carboxylic acid groups (broad SMARTS) is 1. The Kier molecular flexibility index (Phi) is 4.72. The number of carboxylic acids is 1. The van der Waals surface area contributed by atoms with Crippen molar-refractivity contribution in [1.82, 2.24) is 14.8 Å². The third-order valence-corrected chi connectivity index (χ3v) is 2.78. The van der Waals surface area contributed by atoms with E-state index in [-0.39, 0.29) is 5.69 Å². The van der Waals surface area contributed by atoms with Crippen LogP contribution < -0.4 is 16.0 Å². The SMILES string of the molecule is CCCOc1ccc(-c2nn(CC(=O)O)c(=O)[nH]c2=O)cc1. The number of benzene rings is 1. The van der Waals surface area contributed by atoms with E-state index in [0.717, 1.165) is 6.42 Å². The number of aromatic amines is 1. The quantitative estimate of drug-likeness (QED) is 0.802. The molecule has 0 fully saturated rings. The largest absolute Gasteiger partial charge is 0.494 e. The van der Waals surface area contributed by atoms with E-state index in [1.807, 2.05) is 6.92 Å². The highest BCUT2D eigenvalue weighted by Crippen LogP contribution is 2.17. The summed E-state index contributed by atoms with van der Waals surface area (Å²) < 4.78 is 6.13. The lowest BCUT2D eigenvalue weighted by molar-refractivity contribution is -0.138. The molecule has 22 heavy (non-hydrogen) atoms. The number of nitrogens with one attached hydrogen (secondary N) is 1. The minimum absolute atomic E-state index is 0.0251. The fraction of sp³-hybridized carbons (Fsp3) is 0.286. The lowest BCUT2D eigenvalue weighted by Gasteiger charge is -2.06. The van der Waals surface area contributed by atoms with E-state index < -0.39 is 23.8 Å². The van der Waals surface area contributed by atoms with Crippen LogP contribution in [0, 0.1) is 0 Å². The van der Waals surface area contributed by atoms with Crippen molar-refractivity contribution >= 4 is 5.97 Å². The number of ether oxygens (including phenoxy) is 1. The predicted molar refractivity (Wildman–Crippen MR) is 78.0 cm³/mol. The summed E-state index contributed by atoms with van der Waals surface area (Å²) in [7, 11) is 0. The molecule has 0 unspecified atom stereocenters. The first-order chi connectivity index (χ1) is 10.5. The van der Waals surface area contributed by atoms with Crippen molar-refractivity contribution in [2.75, 3.05) is 6.61 Å². The van der Waals surface area contributed by atoms with Crippen LogP contribution >= 0.6 is 0 Å². The van der Waals surface area contributed by atoms with Crippen molar-refractivity contribution in [2.24, 2.45) is 0 Å². The van der Waals surface area contributed by atoms with Gasteiger partial charge in [0.25, 0.3) is 5.56 Å². The third kappa shape index (κ3) is 3.60. The van der Waals surface area contributed by atoms with E-state index in [2.05, 4.69) is 10.1 Å². The van der Waals surface area contributed by atoms with Gasteiger partial charge in [0.2, 0.25) is 0 Å². The predicted octanol–water partition coefficient (Wildman–Crippen LogP) is 0.472. The van der Waals surface area contributed by atoms with Gasteiger partial charge in [-0.1, -0.05) is 6.92 Å². The maximum Gasteiger partial charge on any atom is 0.345 e. The molecule has 0 aliphatic carbocycles. The molecule has 1 aromatic carbocycles. The van der Waals surface area contributed by atoms with Crippen LogP contribution in [0.2, 0.25) is 0 Å². The lowest BCUT2D eigenvalue weighted by Crippen LogP contribution is -2.35. The number of aliphatic carboxylic acids is 1. The second-order valence-electron chi connectivity index (χ2n) is 4.53. The zero-order valence-electron chi connectivity index (χ0n) is 11.9. The molecule has 0 saturated heterocycles. The van der Waals surface area contributed by atoms with Crippen LogP contribution in [0.1, 0.15) is 13.3 Å². The molecule has 0 saturated carbocycles. The van der Waals surface area contributed by atoms with Crippen molar-refractivity contribution < 1.29 is 14.6 Å². The number of nitrogens with zero attached hydrogens (tertiary/aromatic N) is 2. The Balaban J connectivity index is 2.37. The van der Waals surface area contributed by atoms with Crippen LogP contribution in [0.5, 0.6) is 5.75 Å². The summed E-state index contributed by atoms with van der Waals surface area (Å²) in [4.78, 5) is 36.1. The molecular formula is C14H15N3O5. The smallest absolute Gasteiger partial charge is 0.345 e. The molecule has 8 nitrogen and oxygen atoms in total. The van der Waals surface area contributed by atoms with Crippen LogP contribution in [0.25, 0.3) is 11.3 Å². The molecular weight excluding hydrogens is 290 g/mol. The van der Waals surface area contributed by atoms with E-state index in [1.54, 1.807) is 24.3 Å². The molecule has 8 heteroatoms. The standard InChI is InChI=1S/C14H15N3O5/c1-2-7-22-10-5-3-9(4-6-10)12-13(20)15-14(21)17(16-12)8-11(18)19/h3-6H,2,7-8H2,1H3,(H,18,19)(H,15,20,21). The highest BCUT2D eigenvalue weighted by Gasteiger charge is 2.11. The van der Waals surface area contributed by atoms with Gasteiger partial charge in [-0.3, -0.25) is 14.6 Å². The van der Waals surface area contributed by atoms with Gasteiger partial charge in [0.15, 0.2) is 5.69 Å². The molecule has 116 valence electrons. The van der Waals surface area contributed by atoms with Crippen LogP contribution in [-0.2, 0) is 11.3 Å². The zero-order chi connectivity index (χ0) is 16.1. The topological polar surface area (TPSA) is 114 Å². The number of hydrogen-bond acceptors (Lipinski definition) is 5. The van der Waals surface area contributed by atoms with Gasteiger partial charge in [-0.2, -0.15) is 5.10 Å². The summed E-state index contributed by atoms with van der Waals surface area (Å²) >= 11 is 0. The molecule has 2 rings (SSSR count). The van der Waals surface area contributed by atoms with Gasteiger partial charge >= 0.3 is 11.7 Å². The highest BCUT2D eigenvalue weighted by atomic mass is 16.5. The minimum atomic E-state index is -1.23. The maximum absolute atomic E-state index is 11.8. The first-order valence-electron chi connectivity index (χ1n) is 6.67. The van der Waals surface area contributed by atoms with Gasteiger partial charge in [0, 0.05) is 5.56 Å². The second-order valence-corrected chi connectivity index (χ2v) is 4.53. The van der Waals surface area contributed by atoms with Crippen LogP contribution in [0.4, 0.5) is 0 Å². The molecule has 0 atom stereocenters. The summed E-state index contributed by atoms with van der Waals surface area (Å²) in [5.41, 5.74) is -1.10. The summed E-state index contributed by atoms with van der Waals surface area (Å²) in [6.45, 7) is 1.95. The van der Waals surface area contributed by atoms with Crippen molar-refractivity contribution in [3.8, 4) is 17.0 Å². The molecule has 0 spiro atoms. The molecule has 2 aromatic rings. The molecule has 0 amide bonds. The Morgan fingerprint density at radius 3 is 2.59 bits per heavy atom. The number of carbonyl (C=O) groups is 1. The Hall–Kier alpha value is -2.90. The van der Waals surface area contributed by atoms with Crippen molar-refractivity contribution in [3.05, 3.63) is 45.1 Å². The van der Waals surface area contributed by atoms with Gasteiger partial charge in [0.1, 0.15) is 12.3 Å². The van der Waals surface area contributed by atoms with E-state index in [9.17, 15) is 14.4 Å². The highest BCUT2D eigenvalue weighted by molar-refractivity contribution is 5.66. The Morgan fingerprint density at radius 1 is 1.32 bits per heavy atom. The van der Waals surface area contributed by atoms with E-state index in [0.29, 0.717) is 22.6 Å². The normalized spacial score (nSPS) is 10.4. The van der Waals surface area contributed by atoms with Crippen LogP contribution in [-0.4, -0.2) is 32.4 Å². The number of H-pyrrole nitrogens is 1. The second kappa shape index (κ2) is 6.70. The first kappa shape index (κ1) is 15.5. The molecule has 2 N–H and O–H groups in total. The molecule has 0 radical (unpaired) electrons. The molecule has 0 aliphatic rings. The summed E-state index contributed by atoms with van der Waals surface area (Å²) in [6, 6.07) is 6.60. The van der Waals surface area contributed by atoms with Gasteiger partial charge in [-0.15, -0.1) is 0 Å². The van der Waals surface area contributed by atoms with Gasteiger partial charge < -0.3 is 9.84 Å². The van der Waals surface area contributed by atoms with Gasteiger partial charge in [0.05, 0.1) is 6.61 Å². The summed E-state index contributed by atoms with van der Waals surface area (Å²) in [5.74, 6) is -0.572. The number of rotatable bonds is 6. The lowest BCUT2D eigenvalue weighted by atomic mass is 10.1. The summed E-state index contributed by atoms with van der Waals surface area (Å²) in [6.07, 6.45) is 0.878. The van der Waals surface area contributed by atoms with Crippen molar-refractivity contribution in [3.63, 3.8) is 0 Å². The first-order valence-corrected chi connectivity index (χ1v) is 6.67. The Labute approximate surface area is 125 Å². The molecule has 0 aliphatic heterocycles. The third-order valence-electron chi connectivity index (χ3n) is 2.78.